The third-order valence-electron chi connectivity index (χ3n) is 15.7. The fourth-order valence-corrected chi connectivity index (χ4v) is 11.3. The predicted molar refractivity (Wildman–Crippen MR) is 426 cm³/mol. The predicted octanol–water partition coefficient (Wildman–Crippen LogP) is 23.0. The van der Waals surface area contributed by atoms with Gasteiger partial charge in [-0.05, 0) is 161 Å². The molecule has 0 saturated heterocycles. The van der Waals surface area contributed by atoms with E-state index in [0.717, 1.165) is 167 Å². The van der Waals surface area contributed by atoms with Crippen LogP contribution in [-0.4, -0.2) is 96.7 Å². The highest BCUT2D eigenvalue weighted by Crippen LogP contribution is 2.45. The summed E-state index contributed by atoms with van der Waals surface area (Å²) >= 11 is 0. The van der Waals surface area contributed by atoms with Crippen LogP contribution in [0.2, 0.25) is 0 Å². The van der Waals surface area contributed by atoms with Gasteiger partial charge in [-0.3, -0.25) is 37.3 Å². The van der Waals surface area contributed by atoms with Gasteiger partial charge >= 0.3 is 39.5 Å². The van der Waals surface area contributed by atoms with Crippen molar-refractivity contribution in [3.63, 3.8) is 0 Å². The first kappa shape index (κ1) is 98.4. The molecule has 0 rings (SSSR count). The van der Waals surface area contributed by atoms with E-state index in [2.05, 4.69) is 174 Å². The van der Waals surface area contributed by atoms with Crippen LogP contribution >= 0.6 is 15.6 Å². The average Bonchev–Trinajstić information content (AvgIpc) is 0.999. The molecule has 0 aromatic carbocycles. The summed E-state index contributed by atoms with van der Waals surface area (Å²) in [7, 11) is -10.0. The topological polar surface area (TPSA) is 237 Å². The lowest BCUT2D eigenvalue weighted by molar-refractivity contribution is -0.161. The van der Waals surface area contributed by atoms with E-state index in [9.17, 15) is 43.2 Å². The maximum atomic E-state index is 13.1. The minimum atomic E-state index is -5.02. The van der Waals surface area contributed by atoms with E-state index in [-0.39, 0.29) is 25.7 Å². The van der Waals surface area contributed by atoms with Gasteiger partial charge in [0.25, 0.3) is 0 Å². The number of hydrogen-bond acceptors (Lipinski definition) is 15. The highest BCUT2D eigenvalue weighted by Gasteiger charge is 2.30. The van der Waals surface area contributed by atoms with Crippen molar-refractivity contribution in [2.75, 3.05) is 39.6 Å². The third kappa shape index (κ3) is 74.7. The molecule has 0 fully saturated rings. The van der Waals surface area contributed by atoms with E-state index < -0.39 is 97.5 Å². The highest BCUT2D eigenvalue weighted by molar-refractivity contribution is 7.47. The summed E-state index contributed by atoms with van der Waals surface area (Å²) in [5, 5.41) is 10.6. The standard InChI is InChI=1S/C85H138O17P2/c1-5-9-13-17-21-25-29-33-37-38-39-40-44-46-50-54-58-62-66-70-83(88)96-76-81(102-85(90)72-68-64-60-56-52-48-43-36-32-28-24-20-16-12-8-4)78-100-104(93,94)98-74-79(86)73-97-103(91,92)99-77-80(101-84(89)71-67-63-59-55-51-47-42-35-31-27-23-19-15-11-7-3)75-95-82(87)69-65-61-57-53-49-45-41-34-30-26-22-18-14-10-6-2/h10,12,14,16,21-28,33-37,39-43,49,52-53,56,64,68,79-81,86H,5-9,11,13,15,17-20,29-32,38,44-48,50-51,54-55,57-63,65-67,69-78H2,1-4H3,(H,91,92)(H,93,94)/b14-10-,16-12-,25-21-,26-22-,27-23-,28-24-,37-33-,40-39-,41-34-,42-35-,43-36-,53-49-,56-52-,68-64-. The maximum absolute atomic E-state index is 13.1. The zero-order chi connectivity index (χ0) is 76.0. The van der Waals surface area contributed by atoms with Crippen LogP contribution in [0.4, 0.5) is 0 Å². The Balaban J connectivity index is 5.49. The van der Waals surface area contributed by atoms with Gasteiger partial charge in [-0.15, -0.1) is 0 Å². The molecule has 0 aromatic heterocycles. The summed E-state index contributed by atoms with van der Waals surface area (Å²) in [6, 6.07) is 0. The van der Waals surface area contributed by atoms with Crippen LogP contribution in [0.1, 0.15) is 285 Å². The van der Waals surface area contributed by atoms with Crippen LogP contribution in [0.5, 0.6) is 0 Å². The Kier molecular flexibility index (Phi) is 71.6. The SMILES string of the molecule is CC/C=C\C/C=C\C/C=C\C/C=C\C/C=C\CC(=O)OC(COC(=O)CCCCCCCC/C=C\C/C=C\C/C=C\CCCCC)COP(=O)(O)OCC(O)COP(=O)(O)OCC(COC(=O)CCCC/C=C\C/C=C\C/C=C\C/C=C\CC)OC(=O)CCCCCCC/C=C\C/C=C\CCCCC. The van der Waals surface area contributed by atoms with Gasteiger partial charge in [0, 0.05) is 19.3 Å². The van der Waals surface area contributed by atoms with Crippen LogP contribution in [0, 0.1) is 0 Å². The number of ether oxygens (including phenoxy) is 4. The minimum Gasteiger partial charge on any atom is -0.462 e. The monoisotopic (exact) mass is 1490 g/mol. The van der Waals surface area contributed by atoms with E-state index in [1.165, 1.54) is 38.5 Å². The number of phosphoric acid groups is 2. The molecule has 0 aromatic rings. The first-order chi connectivity index (χ1) is 50.7. The Morgan fingerprint density at radius 3 is 0.875 bits per heavy atom. The second-order valence-electron chi connectivity index (χ2n) is 25.5. The van der Waals surface area contributed by atoms with Gasteiger partial charge in [-0.25, -0.2) is 9.13 Å². The fourth-order valence-electron chi connectivity index (χ4n) is 9.73. The summed E-state index contributed by atoms with van der Waals surface area (Å²) in [6.45, 7) is 4.38. The quantitative estimate of drug-likeness (QED) is 0.0169. The number of carbonyl (C=O) groups excluding carboxylic acids is 4. The number of carbonyl (C=O) groups is 4. The van der Waals surface area contributed by atoms with Crippen molar-refractivity contribution in [2.45, 2.75) is 303 Å². The van der Waals surface area contributed by atoms with Crippen LogP contribution in [0.3, 0.4) is 0 Å². The molecule has 0 heterocycles. The van der Waals surface area contributed by atoms with Gasteiger partial charge in [0.15, 0.2) is 12.2 Å². The van der Waals surface area contributed by atoms with Crippen LogP contribution < -0.4 is 0 Å². The van der Waals surface area contributed by atoms with Crippen molar-refractivity contribution >= 4 is 39.5 Å². The van der Waals surface area contributed by atoms with E-state index in [4.69, 9.17) is 37.0 Å². The molecule has 0 aliphatic heterocycles. The Bertz CT molecular complexity index is 2640. The van der Waals surface area contributed by atoms with Crippen molar-refractivity contribution in [3.8, 4) is 0 Å². The number of phosphoric ester groups is 2. The van der Waals surface area contributed by atoms with E-state index >= 15 is 0 Å². The zero-order valence-electron chi connectivity index (χ0n) is 64.4. The Morgan fingerprint density at radius 2 is 0.538 bits per heavy atom. The molecule has 0 amide bonds. The summed E-state index contributed by atoms with van der Waals surface area (Å²) in [5.41, 5.74) is 0. The Hall–Kier alpha value is -5.58. The lowest BCUT2D eigenvalue weighted by Gasteiger charge is -2.21. The highest BCUT2D eigenvalue weighted by atomic mass is 31.2. The number of aliphatic hydroxyl groups is 1. The summed E-state index contributed by atoms with van der Waals surface area (Å²) < 4.78 is 68.4. The first-order valence-electron chi connectivity index (χ1n) is 39.4. The van der Waals surface area contributed by atoms with E-state index in [1.54, 1.807) is 12.2 Å². The first-order valence-corrected chi connectivity index (χ1v) is 42.4. The molecular formula is C85H138O17P2. The van der Waals surface area contributed by atoms with Crippen molar-refractivity contribution < 1.29 is 80.2 Å². The van der Waals surface area contributed by atoms with Gasteiger partial charge in [0.1, 0.15) is 19.3 Å². The molecule has 3 N–H and O–H groups in total. The van der Waals surface area contributed by atoms with Crippen LogP contribution in [0.25, 0.3) is 0 Å². The van der Waals surface area contributed by atoms with Crippen molar-refractivity contribution in [1.82, 2.24) is 0 Å². The Morgan fingerprint density at radius 1 is 0.288 bits per heavy atom. The van der Waals surface area contributed by atoms with Gasteiger partial charge in [-0.2, -0.15) is 0 Å². The molecule has 19 heteroatoms. The van der Waals surface area contributed by atoms with Gasteiger partial charge in [0.05, 0.1) is 32.8 Å². The fraction of sp³-hybridized carbons (Fsp3) is 0.624. The molecule has 0 radical (unpaired) electrons. The van der Waals surface area contributed by atoms with Crippen molar-refractivity contribution in [2.24, 2.45) is 0 Å². The lowest BCUT2D eigenvalue weighted by atomic mass is 10.1. The summed E-state index contributed by atoms with van der Waals surface area (Å²) in [6.07, 6.45) is 89.4. The van der Waals surface area contributed by atoms with Crippen molar-refractivity contribution in [1.29, 1.82) is 0 Å². The smallest absolute Gasteiger partial charge is 0.462 e. The number of hydrogen-bond donors (Lipinski definition) is 3. The van der Waals surface area contributed by atoms with Crippen LogP contribution in [0.15, 0.2) is 170 Å². The van der Waals surface area contributed by atoms with E-state index in [1.807, 2.05) is 12.2 Å². The van der Waals surface area contributed by atoms with Gasteiger partial charge < -0.3 is 33.8 Å². The minimum absolute atomic E-state index is 0.0613. The molecule has 104 heavy (non-hydrogen) atoms. The van der Waals surface area contributed by atoms with Gasteiger partial charge in [0.2, 0.25) is 0 Å². The molecular weight excluding hydrogens is 1350 g/mol. The average molecular weight is 1490 g/mol. The van der Waals surface area contributed by atoms with Crippen LogP contribution in [-0.2, 0) is 65.4 Å². The number of esters is 4. The van der Waals surface area contributed by atoms with Crippen molar-refractivity contribution in [3.05, 3.63) is 170 Å². The summed E-state index contributed by atoms with van der Waals surface area (Å²) in [5.74, 6) is -2.41. The zero-order valence-corrected chi connectivity index (χ0v) is 66.2. The number of aliphatic hydroxyl groups excluding tert-OH is 1. The molecule has 0 bridgehead atoms. The molecule has 0 spiro atoms. The second kappa shape index (κ2) is 75.6. The van der Waals surface area contributed by atoms with Gasteiger partial charge in [-0.1, -0.05) is 268 Å². The summed E-state index contributed by atoms with van der Waals surface area (Å²) in [4.78, 5) is 72.9. The molecule has 5 atom stereocenters. The number of unbranched alkanes of at least 4 members (excludes halogenated alkanes) is 19. The maximum Gasteiger partial charge on any atom is 0.472 e. The molecule has 5 unspecified atom stereocenters. The molecule has 0 aliphatic rings. The molecule has 590 valence electrons. The molecule has 0 saturated carbocycles. The number of allylic oxidation sites excluding steroid dienone is 27. The second-order valence-corrected chi connectivity index (χ2v) is 28.5. The third-order valence-corrected chi connectivity index (χ3v) is 17.6. The Labute approximate surface area is 629 Å². The largest absolute Gasteiger partial charge is 0.472 e. The normalized spacial score (nSPS) is 14.8. The lowest BCUT2D eigenvalue weighted by Crippen LogP contribution is -2.30. The number of rotatable bonds is 72. The van der Waals surface area contributed by atoms with E-state index in [0.29, 0.717) is 25.7 Å². The molecule has 0 aliphatic carbocycles. The molecule has 17 nitrogen and oxygen atoms in total.